The Labute approximate surface area is 122 Å². The second-order valence-electron chi connectivity index (χ2n) is 5.64. The number of rotatable bonds is 1. The van der Waals surface area contributed by atoms with Crippen molar-refractivity contribution in [3.63, 3.8) is 0 Å². The summed E-state index contributed by atoms with van der Waals surface area (Å²) in [6, 6.07) is 6.57. The minimum atomic E-state index is -0.123. The molecule has 2 fully saturated rings. The highest BCUT2D eigenvalue weighted by atomic mass is 32.2. The summed E-state index contributed by atoms with van der Waals surface area (Å²) >= 11 is 1.84. The third kappa shape index (κ3) is 1.50. The largest absolute Gasteiger partial charge is 0.497 e. The lowest BCUT2D eigenvalue weighted by Crippen LogP contribution is -2.47. The highest BCUT2D eigenvalue weighted by Crippen LogP contribution is 2.50. The molecule has 1 amide bonds. The first-order valence-electron chi connectivity index (χ1n) is 7.11. The number of nitrogens with one attached hydrogen (secondary N) is 1. The summed E-state index contributed by atoms with van der Waals surface area (Å²) < 4.78 is 5.35. The highest BCUT2D eigenvalue weighted by molar-refractivity contribution is 7.99. The number of fused-ring (bicyclic) bond motifs is 1. The van der Waals surface area contributed by atoms with Gasteiger partial charge in [0.25, 0.3) is 0 Å². The van der Waals surface area contributed by atoms with Gasteiger partial charge in [-0.05, 0) is 30.7 Å². The maximum atomic E-state index is 12.4. The van der Waals surface area contributed by atoms with E-state index < -0.39 is 0 Å². The van der Waals surface area contributed by atoms with Crippen molar-refractivity contribution in [2.75, 3.05) is 26.0 Å². The van der Waals surface area contributed by atoms with Crippen LogP contribution in [-0.4, -0.2) is 42.8 Å². The van der Waals surface area contributed by atoms with E-state index in [1.165, 1.54) is 10.5 Å². The predicted octanol–water partition coefficient (Wildman–Crippen LogP) is 1.59. The van der Waals surface area contributed by atoms with Crippen molar-refractivity contribution in [3.05, 3.63) is 23.8 Å². The van der Waals surface area contributed by atoms with Gasteiger partial charge in [0.15, 0.2) is 0 Å². The minimum absolute atomic E-state index is 0.123. The number of nitrogens with zero attached hydrogens (tertiary/aromatic N) is 1. The van der Waals surface area contributed by atoms with Gasteiger partial charge in [0.05, 0.1) is 12.6 Å². The van der Waals surface area contributed by atoms with E-state index in [-0.39, 0.29) is 11.6 Å². The van der Waals surface area contributed by atoms with Gasteiger partial charge in [-0.25, -0.2) is 0 Å². The van der Waals surface area contributed by atoms with Crippen molar-refractivity contribution in [1.29, 1.82) is 0 Å². The third-order valence-electron chi connectivity index (χ3n) is 4.86. The van der Waals surface area contributed by atoms with Crippen molar-refractivity contribution >= 4 is 17.7 Å². The summed E-state index contributed by atoms with van der Waals surface area (Å²) in [4.78, 5) is 15.8. The number of thioether (sulfide) groups is 1. The van der Waals surface area contributed by atoms with Gasteiger partial charge in [0.1, 0.15) is 5.75 Å². The van der Waals surface area contributed by atoms with Gasteiger partial charge in [-0.1, -0.05) is 6.07 Å². The van der Waals surface area contributed by atoms with E-state index in [2.05, 4.69) is 22.3 Å². The molecule has 1 N–H and O–H groups in total. The average molecular weight is 290 g/mol. The van der Waals surface area contributed by atoms with E-state index in [9.17, 15) is 4.79 Å². The van der Waals surface area contributed by atoms with Gasteiger partial charge >= 0.3 is 0 Å². The van der Waals surface area contributed by atoms with E-state index >= 15 is 0 Å². The first-order chi connectivity index (χ1) is 9.75. The molecule has 0 radical (unpaired) electrons. The Balaban J connectivity index is 1.91. The topological polar surface area (TPSA) is 41.6 Å². The Morgan fingerprint density at radius 2 is 2.40 bits per heavy atom. The Morgan fingerprint density at radius 1 is 1.50 bits per heavy atom. The number of ether oxygens (including phenoxy) is 1. The Bertz CT molecular complexity index is 577. The number of benzene rings is 1. The van der Waals surface area contributed by atoms with Crippen LogP contribution in [0.2, 0.25) is 0 Å². The first kappa shape index (κ1) is 12.5. The molecule has 0 unspecified atom stereocenters. The minimum Gasteiger partial charge on any atom is -0.497 e. The second-order valence-corrected chi connectivity index (χ2v) is 6.78. The molecule has 1 spiro atoms. The van der Waals surface area contributed by atoms with E-state index in [0.717, 1.165) is 31.0 Å². The quantitative estimate of drug-likeness (QED) is 0.853. The Kier molecular flexibility index (Phi) is 2.76. The lowest BCUT2D eigenvalue weighted by Gasteiger charge is -2.37. The fraction of sp³-hybridized carbons (Fsp3) is 0.533. The second kappa shape index (κ2) is 4.40. The SMILES string of the molecule is COc1ccc2c(c1)SCCN1C(=O)C[C@H]3NCC[C@]231. The van der Waals surface area contributed by atoms with Crippen molar-refractivity contribution in [2.24, 2.45) is 0 Å². The molecule has 0 aromatic heterocycles. The number of methoxy groups -OCH3 is 1. The van der Waals surface area contributed by atoms with Crippen LogP contribution in [-0.2, 0) is 10.3 Å². The molecule has 1 aromatic carbocycles. The van der Waals surface area contributed by atoms with Crippen LogP contribution in [0.5, 0.6) is 5.75 Å². The molecule has 3 heterocycles. The van der Waals surface area contributed by atoms with Gasteiger partial charge in [0, 0.05) is 29.7 Å². The summed E-state index contributed by atoms with van der Waals surface area (Å²) in [5.74, 6) is 2.15. The zero-order valence-electron chi connectivity index (χ0n) is 11.5. The highest BCUT2D eigenvalue weighted by Gasteiger charge is 2.57. The van der Waals surface area contributed by atoms with E-state index in [4.69, 9.17) is 4.74 Å². The normalized spacial score (nSPS) is 31.6. The lowest BCUT2D eigenvalue weighted by atomic mass is 9.83. The molecule has 3 aliphatic rings. The smallest absolute Gasteiger partial charge is 0.225 e. The molecule has 1 aromatic rings. The van der Waals surface area contributed by atoms with E-state index in [1.807, 2.05) is 17.8 Å². The van der Waals surface area contributed by atoms with Crippen LogP contribution in [0.25, 0.3) is 0 Å². The van der Waals surface area contributed by atoms with Crippen LogP contribution in [0.4, 0.5) is 0 Å². The molecule has 20 heavy (non-hydrogen) atoms. The van der Waals surface area contributed by atoms with Gasteiger partial charge in [-0.3, -0.25) is 4.79 Å². The number of hydrogen-bond acceptors (Lipinski definition) is 4. The predicted molar refractivity (Wildman–Crippen MR) is 78.1 cm³/mol. The molecule has 106 valence electrons. The zero-order chi connectivity index (χ0) is 13.7. The number of carbonyl (C=O) groups excluding carboxylic acids is 1. The monoisotopic (exact) mass is 290 g/mol. The van der Waals surface area contributed by atoms with Gasteiger partial charge in [0.2, 0.25) is 5.91 Å². The summed E-state index contributed by atoms with van der Waals surface area (Å²) in [6.07, 6.45) is 1.65. The first-order valence-corrected chi connectivity index (χ1v) is 8.09. The van der Waals surface area contributed by atoms with Crippen molar-refractivity contribution in [2.45, 2.75) is 29.3 Å². The fourth-order valence-corrected chi connectivity index (χ4v) is 5.09. The van der Waals surface area contributed by atoms with E-state index in [1.54, 1.807) is 7.11 Å². The van der Waals surface area contributed by atoms with Crippen LogP contribution in [0.1, 0.15) is 18.4 Å². The lowest BCUT2D eigenvalue weighted by molar-refractivity contribution is -0.131. The van der Waals surface area contributed by atoms with Crippen LogP contribution in [0.15, 0.2) is 23.1 Å². The Hall–Kier alpha value is -1.20. The van der Waals surface area contributed by atoms with Gasteiger partial charge < -0.3 is 15.0 Å². The molecule has 2 saturated heterocycles. The molecular formula is C15H18N2O2S. The van der Waals surface area contributed by atoms with Crippen molar-refractivity contribution < 1.29 is 9.53 Å². The van der Waals surface area contributed by atoms with Crippen LogP contribution in [0.3, 0.4) is 0 Å². The maximum Gasteiger partial charge on any atom is 0.225 e. The maximum absolute atomic E-state index is 12.4. The molecule has 0 bridgehead atoms. The average Bonchev–Trinajstić information content (AvgIpc) is 2.90. The Morgan fingerprint density at radius 3 is 3.25 bits per heavy atom. The van der Waals surface area contributed by atoms with Crippen LogP contribution < -0.4 is 10.1 Å². The van der Waals surface area contributed by atoms with Crippen molar-refractivity contribution in [3.8, 4) is 5.75 Å². The summed E-state index contributed by atoms with van der Waals surface area (Å²) in [7, 11) is 1.70. The summed E-state index contributed by atoms with van der Waals surface area (Å²) in [5.41, 5.74) is 1.18. The van der Waals surface area contributed by atoms with Gasteiger partial charge in [-0.15, -0.1) is 11.8 Å². The van der Waals surface area contributed by atoms with Gasteiger partial charge in [-0.2, -0.15) is 0 Å². The van der Waals surface area contributed by atoms with Crippen LogP contribution in [0, 0.1) is 0 Å². The molecule has 0 aliphatic carbocycles. The molecule has 5 heteroatoms. The number of hydrogen-bond donors (Lipinski definition) is 1. The summed E-state index contributed by atoms with van der Waals surface area (Å²) in [5, 5.41) is 3.53. The zero-order valence-corrected chi connectivity index (χ0v) is 12.3. The van der Waals surface area contributed by atoms with Crippen LogP contribution >= 0.6 is 11.8 Å². The molecule has 3 aliphatic heterocycles. The number of amides is 1. The molecular weight excluding hydrogens is 272 g/mol. The molecule has 0 saturated carbocycles. The fourth-order valence-electron chi connectivity index (χ4n) is 4.00. The third-order valence-corrected chi connectivity index (χ3v) is 5.90. The van der Waals surface area contributed by atoms with Crippen molar-refractivity contribution in [1.82, 2.24) is 10.2 Å². The standard InChI is InChI=1S/C15H18N2O2S/c1-19-10-2-3-11-12(8-10)20-7-6-17-14(18)9-13-15(11,17)4-5-16-13/h2-3,8,13,16H,4-7,9H2,1H3/t13-,15+/m1/s1. The number of carbonyl (C=O) groups is 1. The molecule has 4 nitrogen and oxygen atoms in total. The van der Waals surface area contributed by atoms with E-state index in [0.29, 0.717) is 12.3 Å². The molecule has 4 rings (SSSR count). The molecule has 2 atom stereocenters. The summed E-state index contributed by atoms with van der Waals surface area (Å²) in [6.45, 7) is 1.84.